The number of rotatable bonds is 4. The molecule has 0 atom stereocenters. The fraction of sp³-hybridized carbons (Fsp3) is 0.0714. The highest BCUT2D eigenvalue weighted by atomic mass is 35.5. The summed E-state index contributed by atoms with van der Waals surface area (Å²) in [5.74, 6) is -0.410. The minimum Gasteiger partial charge on any atom is -0.322 e. The number of carbonyl (C=O) groups is 1. The van der Waals surface area contributed by atoms with Crippen LogP contribution in [-0.4, -0.2) is 17.1 Å². The van der Waals surface area contributed by atoms with Crippen LogP contribution >= 0.6 is 23.4 Å². The van der Waals surface area contributed by atoms with E-state index in [1.54, 1.807) is 23.9 Å². The molecule has 5 nitrogen and oxygen atoms in total. The summed E-state index contributed by atoms with van der Waals surface area (Å²) in [6.07, 6.45) is 1.96. The molecule has 1 amide bonds. The minimum atomic E-state index is -0.561. The van der Waals surface area contributed by atoms with Crippen molar-refractivity contribution in [2.75, 3.05) is 11.6 Å². The summed E-state index contributed by atoms with van der Waals surface area (Å²) in [4.78, 5) is 23.3. The van der Waals surface area contributed by atoms with Crippen LogP contribution in [0.1, 0.15) is 10.4 Å². The van der Waals surface area contributed by atoms with Gasteiger partial charge in [-0.2, -0.15) is 0 Å². The Labute approximate surface area is 130 Å². The first-order valence-corrected chi connectivity index (χ1v) is 7.51. The van der Waals surface area contributed by atoms with Crippen LogP contribution in [0.5, 0.6) is 0 Å². The lowest BCUT2D eigenvalue weighted by molar-refractivity contribution is -0.384. The van der Waals surface area contributed by atoms with Crippen LogP contribution in [0.3, 0.4) is 0 Å². The zero-order valence-corrected chi connectivity index (χ0v) is 12.6. The van der Waals surface area contributed by atoms with Crippen molar-refractivity contribution in [3.05, 3.63) is 63.2 Å². The number of benzene rings is 2. The zero-order valence-electron chi connectivity index (χ0n) is 11.0. The summed E-state index contributed by atoms with van der Waals surface area (Å²) in [6.45, 7) is 0. The van der Waals surface area contributed by atoms with Gasteiger partial charge in [-0.05, 0) is 36.6 Å². The van der Waals surface area contributed by atoms with Crippen molar-refractivity contribution < 1.29 is 9.72 Å². The number of anilines is 1. The van der Waals surface area contributed by atoms with Crippen molar-refractivity contribution in [3.63, 3.8) is 0 Å². The number of thioether (sulfide) groups is 1. The normalized spacial score (nSPS) is 10.2. The zero-order chi connectivity index (χ0) is 15.4. The van der Waals surface area contributed by atoms with Crippen LogP contribution in [0.4, 0.5) is 11.4 Å². The molecule has 2 aromatic rings. The Morgan fingerprint density at radius 3 is 2.43 bits per heavy atom. The molecule has 0 aliphatic carbocycles. The Balaban J connectivity index is 2.17. The molecule has 108 valence electrons. The maximum Gasteiger partial charge on any atom is 0.270 e. The van der Waals surface area contributed by atoms with Crippen LogP contribution in [0.15, 0.2) is 47.4 Å². The van der Waals surface area contributed by atoms with Gasteiger partial charge >= 0.3 is 0 Å². The first-order chi connectivity index (χ1) is 10.0. The third-order valence-corrected chi connectivity index (χ3v) is 3.81. The van der Waals surface area contributed by atoms with Crippen molar-refractivity contribution in [2.45, 2.75) is 4.90 Å². The number of nitro groups is 1. The Kier molecular flexibility index (Phi) is 4.82. The molecule has 0 aromatic heterocycles. The van der Waals surface area contributed by atoms with E-state index in [1.165, 1.54) is 12.1 Å². The highest BCUT2D eigenvalue weighted by molar-refractivity contribution is 7.98. The van der Waals surface area contributed by atoms with Gasteiger partial charge in [0.2, 0.25) is 0 Å². The molecule has 0 bridgehead atoms. The van der Waals surface area contributed by atoms with Crippen LogP contribution in [-0.2, 0) is 0 Å². The minimum absolute atomic E-state index is 0.0439. The molecule has 0 saturated carbocycles. The Morgan fingerprint density at radius 1 is 1.24 bits per heavy atom. The second-order valence-electron chi connectivity index (χ2n) is 4.10. The molecule has 0 saturated heterocycles. The summed E-state index contributed by atoms with van der Waals surface area (Å²) in [7, 11) is 0. The number of carbonyl (C=O) groups excluding carboxylic acids is 1. The number of hydrogen-bond acceptors (Lipinski definition) is 4. The van der Waals surface area contributed by atoms with Crippen molar-refractivity contribution >= 4 is 40.6 Å². The summed E-state index contributed by atoms with van der Waals surface area (Å²) >= 11 is 7.52. The molecule has 21 heavy (non-hydrogen) atoms. The number of amides is 1. The Morgan fingerprint density at radius 2 is 1.90 bits per heavy atom. The van der Waals surface area contributed by atoms with Crippen molar-refractivity contribution in [2.24, 2.45) is 0 Å². The molecular formula is C14H11ClN2O3S. The summed E-state index contributed by atoms with van der Waals surface area (Å²) < 4.78 is 0. The van der Waals surface area contributed by atoms with Gasteiger partial charge in [-0.3, -0.25) is 14.9 Å². The van der Waals surface area contributed by atoms with Crippen LogP contribution in [0.2, 0.25) is 5.02 Å². The topological polar surface area (TPSA) is 72.2 Å². The van der Waals surface area contributed by atoms with Crippen LogP contribution in [0.25, 0.3) is 0 Å². The van der Waals surface area contributed by atoms with E-state index in [-0.39, 0.29) is 16.3 Å². The number of nitro benzene ring substituents is 1. The summed E-state index contributed by atoms with van der Waals surface area (Å²) in [5.41, 5.74) is 0.671. The third kappa shape index (κ3) is 3.74. The van der Waals surface area contributed by atoms with Gasteiger partial charge in [0, 0.05) is 22.7 Å². The Hall–Kier alpha value is -2.05. The lowest BCUT2D eigenvalue weighted by Gasteiger charge is -2.07. The van der Waals surface area contributed by atoms with Crippen LogP contribution in [0, 0.1) is 10.1 Å². The largest absolute Gasteiger partial charge is 0.322 e. The average molecular weight is 323 g/mol. The van der Waals surface area contributed by atoms with E-state index >= 15 is 0 Å². The first-order valence-electron chi connectivity index (χ1n) is 5.90. The number of nitrogens with one attached hydrogen (secondary N) is 1. The molecule has 2 aromatic carbocycles. The molecule has 2 rings (SSSR count). The fourth-order valence-corrected chi connectivity index (χ4v) is 2.34. The first kappa shape index (κ1) is 15.3. The standard InChI is InChI=1S/C14H11ClN2O3S/c1-21-11-5-2-9(3-6-11)16-14(18)12-7-4-10(17(19)20)8-13(12)15/h2-8H,1H3,(H,16,18). The number of halogens is 1. The molecule has 0 aliphatic heterocycles. The second-order valence-corrected chi connectivity index (χ2v) is 5.39. The smallest absolute Gasteiger partial charge is 0.270 e. The van der Waals surface area contributed by atoms with Gasteiger partial charge in [0.25, 0.3) is 11.6 Å². The van der Waals surface area contributed by atoms with E-state index in [1.807, 2.05) is 18.4 Å². The molecule has 7 heteroatoms. The third-order valence-electron chi connectivity index (χ3n) is 2.76. The van der Waals surface area contributed by atoms with E-state index < -0.39 is 10.8 Å². The van der Waals surface area contributed by atoms with Gasteiger partial charge in [0.15, 0.2) is 0 Å². The number of nitrogens with zero attached hydrogens (tertiary/aromatic N) is 1. The van der Waals surface area contributed by atoms with Gasteiger partial charge in [-0.15, -0.1) is 11.8 Å². The van der Waals surface area contributed by atoms with E-state index in [4.69, 9.17) is 11.6 Å². The summed E-state index contributed by atoms with van der Waals surface area (Å²) in [6, 6.07) is 11.1. The number of non-ortho nitro benzene ring substituents is 1. The van der Waals surface area contributed by atoms with Crippen molar-refractivity contribution in [1.29, 1.82) is 0 Å². The maximum atomic E-state index is 12.1. The lowest BCUT2D eigenvalue weighted by atomic mass is 10.2. The molecule has 0 aliphatic rings. The van der Waals surface area contributed by atoms with E-state index in [0.717, 1.165) is 11.0 Å². The van der Waals surface area contributed by atoms with Crippen LogP contribution < -0.4 is 5.32 Å². The number of hydrogen-bond donors (Lipinski definition) is 1. The molecule has 0 spiro atoms. The van der Waals surface area contributed by atoms with Crippen molar-refractivity contribution in [1.82, 2.24) is 0 Å². The molecule has 0 fully saturated rings. The second kappa shape index (κ2) is 6.60. The average Bonchev–Trinajstić information content (AvgIpc) is 2.47. The molecule has 0 heterocycles. The fourth-order valence-electron chi connectivity index (χ4n) is 1.67. The van der Waals surface area contributed by atoms with Gasteiger partial charge in [-0.1, -0.05) is 11.6 Å². The van der Waals surface area contributed by atoms with E-state index in [2.05, 4.69) is 5.32 Å². The monoisotopic (exact) mass is 322 g/mol. The highest BCUT2D eigenvalue weighted by Gasteiger charge is 2.15. The van der Waals surface area contributed by atoms with Gasteiger partial charge in [-0.25, -0.2) is 0 Å². The SMILES string of the molecule is CSc1ccc(NC(=O)c2ccc([N+](=O)[O-])cc2Cl)cc1. The highest BCUT2D eigenvalue weighted by Crippen LogP contribution is 2.24. The van der Waals surface area contributed by atoms with Gasteiger partial charge in [0.1, 0.15) is 0 Å². The lowest BCUT2D eigenvalue weighted by Crippen LogP contribution is -2.12. The molecule has 0 radical (unpaired) electrons. The Bertz CT molecular complexity index is 689. The van der Waals surface area contributed by atoms with E-state index in [0.29, 0.717) is 5.69 Å². The molecular weight excluding hydrogens is 312 g/mol. The maximum absolute atomic E-state index is 12.1. The van der Waals surface area contributed by atoms with Crippen molar-refractivity contribution in [3.8, 4) is 0 Å². The predicted molar refractivity (Wildman–Crippen MR) is 84.3 cm³/mol. The predicted octanol–water partition coefficient (Wildman–Crippen LogP) is 4.22. The quantitative estimate of drug-likeness (QED) is 0.519. The molecule has 0 unspecified atom stereocenters. The molecule has 1 N–H and O–H groups in total. The van der Waals surface area contributed by atoms with Gasteiger partial charge in [0.05, 0.1) is 15.5 Å². The van der Waals surface area contributed by atoms with Gasteiger partial charge < -0.3 is 5.32 Å². The van der Waals surface area contributed by atoms with E-state index in [9.17, 15) is 14.9 Å². The summed E-state index contributed by atoms with van der Waals surface area (Å²) in [5, 5.41) is 13.4.